The van der Waals surface area contributed by atoms with E-state index >= 15 is 0 Å². The SMILES string of the molecule is COc1ccc(/C=C/C(=O)Nc2cccc(-c3cn4ccc(C)cc4n3)c2)cc1. The van der Waals surface area contributed by atoms with Crippen molar-refractivity contribution in [3.05, 3.63) is 90.3 Å². The van der Waals surface area contributed by atoms with E-state index in [0.29, 0.717) is 0 Å². The number of pyridine rings is 1. The van der Waals surface area contributed by atoms with Crippen molar-refractivity contribution in [3.8, 4) is 17.0 Å². The number of nitrogens with one attached hydrogen (secondary N) is 1. The van der Waals surface area contributed by atoms with Gasteiger partial charge in [-0.05, 0) is 60.5 Å². The Morgan fingerprint density at radius 1 is 1.10 bits per heavy atom. The van der Waals surface area contributed by atoms with Gasteiger partial charge in [0, 0.05) is 29.7 Å². The lowest BCUT2D eigenvalue weighted by molar-refractivity contribution is -0.111. The molecule has 0 unspecified atom stereocenters. The van der Waals surface area contributed by atoms with Gasteiger partial charge in [-0.3, -0.25) is 4.79 Å². The highest BCUT2D eigenvalue weighted by Gasteiger charge is 2.06. The second-order valence-corrected chi connectivity index (χ2v) is 6.77. The predicted molar refractivity (Wildman–Crippen MR) is 116 cm³/mol. The van der Waals surface area contributed by atoms with E-state index in [4.69, 9.17) is 4.74 Å². The summed E-state index contributed by atoms with van der Waals surface area (Å²) in [5, 5.41) is 2.90. The fourth-order valence-corrected chi connectivity index (χ4v) is 3.05. The smallest absolute Gasteiger partial charge is 0.248 e. The quantitative estimate of drug-likeness (QED) is 0.495. The van der Waals surface area contributed by atoms with Crippen LogP contribution in [0.3, 0.4) is 0 Å². The number of methoxy groups -OCH3 is 1. The van der Waals surface area contributed by atoms with Gasteiger partial charge in [-0.15, -0.1) is 0 Å². The maximum absolute atomic E-state index is 12.3. The number of fused-ring (bicyclic) bond motifs is 1. The lowest BCUT2D eigenvalue weighted by Gasteiger charge is -2.04. The number of hydrogen-bond donors (Lipinski definition) is 1. The van der Waals surface area contributed by atoms with Crippen LogP contribution in [0.2, 0.25) is 0 Å². The van der Waals surface area contributed by atoms with E-state index in [2.05, 4.69) is 10.3 Å². The van der Waals surface area contributed by atoms with Gasteiger partial charge in [0.05, 0.1) is 12.8 Å². The van der Waals surface area contributed by atoms with Crippen LogP contribution in [0.4, 0.5) is 5.69 Å². The lowest BCUT2D eigenvalue weighted by Crippen LogP contribution is -2.07. The van der Waals surface area contributed by atoms with Crippen molar-refractivity contribution >= 4 is 23.3 Å². The highest BCUT2D eigenvalue weighted by molar-refractivity contribution is 6.02. The molecule has 0 saturated heterocycles. The Hall–Kier alpha value is -3.86. The van der Waals surface area contributed by atoms with E-state index in [0.717, 1.165) is 33.9 Å². The highest BCUT2D eigenvalue weighted by atomic mass is 16.5. The number of ether oxygens (including phenoxy) is 1. The van der Waals surface area contributed by atoms with Crippen molar-refractivity contribution in [2.24, 2.45) is 0 Å². The van der Waals surface area contributed by atoms with Crippen LogP contribution >= 0.6 is 0 Å². The molecule has 1 N–H and O–H groups in total. The largest absolute Gasteiger partial charge is 0.497 e. The molecule has 4 rings (SSSR count). The van der Waals surface area contributed by atoms with E-state index in [9.17, 15) is 4.79 Å². The van der Waals surface area contributed by atoms with Crippen LogP contribution in [0.25, 0.3) is 23.0 Å². The number of rotatable bonds is 5. The fourth-order valence-electron chi connectivity index (χ4n) is 3.05. The minimum absolute atomic E-state index is 0.191. The van der Waals surface area contributed by atoms with Crippen molar-refractivity contribution in [2.75, 3.05) is 12.4 Å². The molecule has 0 aliphatic heterocycles. The van der Waals surface area contributed by atoms with Crippen molar-refractivity contribution < 1.29 is 9.53 Å². The zero-order chi connectivity index (χ0) is 20.2. The van der Waals surface area contributed by atoms with Gasteiger partial charge in [-0.1, -0.05) is 24.3 Å². The van der Waals surface area contributed by atoms with Crippen LogP contribution < -0.4 is 10.1 Å². The lowest BCUT2D eigenvalue weighted by atomic mass is 10.1. The standard InChI is InChI=1S/C24H21N3O2/c1-17-12-13-27-16-22(26-23(27)14-17)19-4-3-5-20(15-19)25-24(28)11-8-18-6-9-21(29-2)10-7-18/h3-16H,1-2H3,(H,25,28)/b11-8+. The third-order valence-corrected chi connectivity index (χ3v) is 4.58. The molecule has 0 bridgehead atoms. The molecule has 0 saturated carbocycles. The fraction of sp³-hybridized carbons (Fsp3) is 0.0833. The van der Waals surface area contributed by atoms with Crippen molar-refractivity contribution in [3.63, 3.8) is 0 Å². The Kier molecular flexibility index (Phi) is 5.12. The van der Waals surface area contributed by atoms with Gasteiger partial charge in [0.15, 0.2) is 0 Å². The maximum Gasteiger partial charge on any atom is 0.248 e. The molecule has 0 atom stereocenters. The molecule has 0 aliphatic carbocycles. The van der Waals surface area contributed by atoms with Gasteiger partial charge in [-0.25, -0.2) is 4.98 Å². The van der Waals surface area contributed by atoms with Gasteiger partial charge < -0.3 is 14.5 Å². The van der Waals surface area contributed by atoms with Gasteiger partial charge in [0.1, 0.15) is 11.4 Å². The molecule has 5 heteroatoms. The third-order valence-electron chi connectivity index (χ3n) is 4.58. The number of aryl methyl sites for hydroxylation is 1. The van der Waals surface area contributed by atoms with Crippen molar-refractivity contribution in [2.45, 2.75) is 6.92 Å². The number of aromatic nitrogens is 2. The molecule has 2 aromatic heterocycles. The molecule has 0 spiro atoms. The van der Waals surface area contributed by atoms with Crippen LogP contribution in [-0.4, -0.2) is 22.4 Å². The van der Waals surface area contributed by atoms with Crippen molar-refractivity contribution in [1.29, 1.82) is 0 Å². The maximum atomic E-state index is 12.3. The number of carbonyl (C=O) groups is 1. The molecule has 1 amide bonds. The van der Waals surface area contributed by atoms with E-state index < -0.39 is 0 Å². The molecule has 4 aromatic rings. The molecular weight excluding hydrogens is 362 g/mol. The van der Waals surface area contributed by atoms with Crippen molar-refractivity contribution in [1.82, 2.24) is 9.38 Å². The van der Waals surface area contributed by atoms with Gasteiger partial charge in [0.25, 0.3) is 0 Å². The minimum Gasteiger partial charge on any atom is -0.497 e. The summed E-state index contributed by atoms with van der Waals surface area (Å²) >= 11 is 0. The topological polar surface area (TPSA) is 55.6 Å². The monoisotopic (exact) mass is 383 g/mol. The van der Waals surface area contributed by atoms with E-state index in [1.807, 2.05) is 84.4 Å². The first-order valence-electron chi connectivity index (χ1n) is 9.30. The second-order valence-electron chi connectivity index (χ2n) is 6.77. The minimum atomic E-state index is -0.191. The first kappa shape index (κ1) is 18.5. The molecule has 0 aliphatic rings. The predicted octanol–water partition coefficient (Wildman–Crippen LogP) is 4.97. The number of amides is 1. The zero-order valence-electron chi connectivity index (χ0n) is 16.3. The second kappa shape index (κ2) is 8.02. The number of imidazole rings is 1. The van der Waals surface area contributed by atoms with Gasteiger partial charge >= 0.3 is 0 Å². The van der Waals surface area contributed by atoms with Crippen LogP contribution in [-0.2, 0) is 4.79 Å². The zero-order valence-corrected chi connectivity index (χ0v) is 16.3. The number of benzene rings is 2. The Balaban J connectivity index is 1.49. The molecule has 0 fully saturated rings. The van der Waals surface area contributed by atoms with E-state index in [-0.39, 0.29) is 5.91 Å². The first-order valence-corrected chi connectivity index (χ1v) is 9.30. The normalized spacial score (nSPS) is 11.1. The van der Waals surface area contributed by atoms with E-state index in [1.165, 1.54) is 11.6 Å². The van der Waals surface area contributed by atoms with Crippen LogP contribution in [0, 0.1) is 6.92 Å². The summed E-state index contributed by atoms with van der Waals surface area (Å²) < 4.78 is 7.13. The number of anilines is 1. The third kappa shape index (κ3) is 4.35. The Labute approximate surface area is 169 Å². The molecular formula is C24H21N3O2. The Morgan fingerprint density at radius 3 is 2.72 bits per heavy atom. The first-order chi connectivity index (χ1) is 14.1. The summed E-state index contributed by atoms with van der Waals surface area (Å²) in [6, 6.07) is 19.3. The summed E-state index contributed by atoms with van der Waals surface area (Å²) in [7, 11) is 1.62. The Bertz CT molecular complexity index is 1190. The summed E-state index contributed by atoms with van der Waals surface area (Å²) in [5.74, 6) is 0.592. The average Bonchev–Trinajstić information content (AvgIpc) is 3.16. The highest BCUT2D eigenvalue weighted by Crippen LogP contribution is 2.23. The Morgan fingerprint density at radius 2 is 1.93 bits per heavy atom. The van der Waals surface area contributed by atoms with Crippen LogP contribution in [0.5, 0.6) is 5.75 Å². The molecule has 144 valence electrons. The van der Waals surface area contributed by atoms with Crippen LogP contribution in [0.1, 0.15) is 11.1 Å². The average molecular weight is 383 g/mol. The molecule has 2 heterocycles. The summed E-state index contributed by atoms with van der Waals surface area (Å²) in [6.07, 6.45) is 7.27. The summed E-state index contributed by atoms with van der Waals surface area (Å²) in [5.41, 5.74) is 5.52. The summed E-state index contributed by atoms with van der Waals surface area (Å²) in [6.45, 7) is 2.05. The van der Waals surface area contributed by atoms with Gasteiger partial charge in [-0.2, -0.15) is 0 Å². The molecule has 29 heavy (non-hydrogen) atoms. The molecule has 2 aromatic carbocycles. The number of nitrogens with zero attached hydrogens (tertiary/aromatic N) is 2. The number of hydrogen-bond acceptors (Lipinski definition) is 3. The van der Waals surface area contributed by atoms with Gasteiger partial charge in [0.2, 0.25) is 5.91 Å². The molecule has 5 nitrogen and oxygen atoms in total. The van der Waals surface area contributed by atoms with E-state index in [1.54, 1.807) is 13.2 Å². The number of carbonyl (C=O) groups excluding carboxylic acids is 1. The van der Waals surface area contributed by atoms with Crippen LogP contribution in [0.15, 0.2) is 79.1 Å². The summed E-state index contributed by atoms with van der Waals surface area (Å²) in [4.78, 5) is 17.0. The molecule has 0 radical (unpaired) electrons.